The van der Waals surface area contributed by atoms with Gasteiger partial charge in [-0.3, -0.25) is 15.2 Å². The molecule has 0 aliphatic carbocycles. The van der Waals surface area contributed by atoms with Crippen molar-refractivity contribution in [3.05, 3.63) is 82.3 Å². The lowest BCUT2D eigenvalue weighted by atomic mass is 9.76. The molecule has 1 amide bonds. The van der Waals surface area contributed by atoms with E-state index in [0.29, 0.717) is 18.7 Å². The van der Waals surface area contributed by atoms with Gasteiger partial charge >= 0.3 is 12.3 Å². The summed E-state index contributed by atoms with van der Waals surface area (Å²) in [7, 11) is 0. The molecule has 3 heterocycles. The number of aryl methyl sites for hydroxylation is 2. The van der Waals surface area contributed by atoms with Gasteiger partial charge in [-0.2, -0.15) is 13.2 Å². The number of nitrogens with one attached hydrogen (secondary N) is 1. The Hall–Kier alpha value is -2.91. The van der Waals surface area contributed by atoms with Crippen molar-refractivity contribution < 1.29 is 22.7 Å². The standard InChI is InChI=1S/C28H32F3N3O2S/c1-20-11-12-21(18-32-20)26(2,3)34-16-15-27(19-34,14-13-23-10-7-17-37-23)24(28(29,30)31)36-25(35)33-22-8-5-4-6-9-22/h4-12,17-18,24H,13-16,19H2,1-3H3,(H,33,35)/t24-,27?/m0/s1. The molecular formula is C28H32F3N3O2S. The number of aromatic nitrogens is 1. The number of rotatable bonds is 8. The van der Waals surface area contributed by atoms with Gasteiger partial charge in [-0.1, -0.05) is 30.3 Å². The molecular weight excluding hydrogens is 499 g/mol. The lowest BCUT2D eigenvalue weighted by Gasteiger charge is -2.41. The van der Waals surface area contributed by atoms with E-state index >= 15 is 0 Å². The van der Waals surface area contributed by atoms with E-state index in [2.05, 4.69) is 15.2 Å². The highest BCUT2D eigenvalue weighted by molar-refractivity contribution is 7.09. The van der Waals surface area contributed by atoms with E-state index in [0.717, 1.165) is 16.1 Å². The summed E-state index contributed by atoms with van der Waals surface area (Å²) in [6.07, 6.45) is -5.32. The van der Waals surface area contributed by atoms with Crippen LogP contribution in [0.1, 0.15) is 42.8 Å². The van der Waals surface area contributed by atoms with Crippen molar-refractivity contribution in [1.29, 1.82) is 0 Å². The van der Waals surface area contributed by atoms with Gasteiger partial charge in [-0.05, 0) is 81.8 Å². The Morgan fingerprint density at radius 3 is 2.54 bits per heavy atom. The maximum Gasteiger partial charge on any atom is 0.426 e. The number of carbonyl (C=O) groups excluding carboxylic acids is 1. The molecule has 1 aliphatic rings. The van der Waals surface area contributed by atoms with Crippen LogP contribution in [-0.2, 0) is 16.7 Å². The molecule has 0 radical (unpaired) electrons. The third-order valence-corrected chi connectivity index (χ3v) is 8.28. The van der Waals surface area contributed by atoms with Crippen LogP contribution in [0.15, 0.2) is 66.2 Å². The fourth-order valence-electron chi connectivity index (χ4n) is 5.08. The molecule has 5 nitrogen and oxygen atoms in total. The Bertz CT molecular complexity index is 1170. The number of amides is 1. The summed E-state index contributed by atoms with van der Waals surface area (Å²) in [6, 6.07) is 16.0. The molecule has 2 aromatic heterocycles. The lowest BCUT2D eigenvalue weighted by molar-refractivity contribution is -0.237. The summed E-state index contributed by atoms with van der Waals surface area (Å²) in [5.41, 5.74) is 0.334. The van der Waals surface area contributed by atoms with Crippen molar-refractivity contribution in [1.82, 2.24) is 9.88 Å². The van der Waals surface area contributed by atoms with Gasteiger partial charge in [-0.15, -0.1) is 11.3 Å². The van der Waals surface area contributed by atoms with E-state index in [1.165, 1.54) is 11.3 Å². The van der Waals surface area contributed by atoms with Crippen LogP contribution in [-0.4, -0.2) is 41.3 Å². The van der Waals surface area contributed by atoms with Gasteiger partial charge in [0.25, 0.3) is 0 Å². The number of thiophene rings is 1. The molecule has 4 rings (SSSR count). The maximum atomic E-state index is 14.6. The topological polar surface area (TPSA) is 54.5 Å². The van der Waals surface area contributed by atoms with Crippen LogP contribution in [0.2, 0.25) is 0 Å². The second-order valence-corrected chi connectivity index (χ2v) is 11.2. The summed E-state index contributed by atoms with van der Waals surface area (Å²) in [6.45, 7) is 6.48. The number of nitrogens with zero attached hydrogens (tertiary/aromatic N) is 2. The number of alkyl halides is 3. The molecule has 9 heteroatoms. The van der Waals surface area contributed by atoms with Crippen molar-refractivity contribution in [3.8, 4) is 0 Å². The minimum absolute atomic E-state index is 0.141. The van der Waals surface area contributed by atoms with Crippen molar-refractivity contribution in [3.63, 3.8) is 0 Å². The predicted octanol–water partition coefficient (Wildman–Crippen LogP) is 7.19. The molecule has 1 fully saturated rings. The van der Waals surface area contributed by atoms with E-state index < -0.39 is 29.3 Å². The zero-order valence-electron chi connectivity index (χ0n) is 21.2. The van der Waals surface area contributed by atoms with Gasteiger partial charge in [0.2, 0.25) is 6.10 Å². The maximum absolute atomic E-state index is 14.6. The first-order valence-electron chi connectivity index (χ1n) is 12.3. The molecule has 1 unspecified atom stereocenters. The zero-order valence-corrected chi connectivity index (χ0v) is 22.0. The number of pyridine rings is 1. The predicted molar refractivity (Wildman–Crippen MR) is 140 cm³/mol. The number of halogens is 3. The normalized spacial score (nSPS) is 19.5. The van der Waals surface area contributed by atoms with Gasteiger partial charge in [-0.25, -0.2) is 4.79 Å². The monoisotopic (exact) mass is 531 g/mol. The number of hydrogen-bond donors (Lipinski definition) is 1. The zero-order chi connectivity index (χ0) is 26.7. The molecule has 1 saturated heterocycles. The highest BCUT2D eigenvalue weighted by Gasteiger charge is 2.59. The van der Waals surface area contributed by atoms with E-state index in [1.807, 2.05) is 50.4 Å². The van der Waals surface area contributed by atoms with Crippen LogP contribution >= 0.6 is 11.3 Å². The van der Waals surface area contributed by atoms with Crippen molar-refractivity contribution in [2.45, 2.75) is 57.9 Å². The Morgan fingerprint density at radius 2 is 1.92 bits per heavy atom. The number of ether oxygens (including phenoxy) is 1. The fraction of sp³-hybridized carbons (Fsp3) is 0.429. The van der Waals surface area contributed by atoms with Crippen LogP contribution in [0.3, 0.4) is 0 Å². The average Bonchev–Trinajstić information content (AvgIpc) is 3.53. The van der Waals surface area contributed by atoms with Crippen LogP contribution in [0.4, 0.5) is 23.7 Å². The molecule has 1 N–H and O–H groups in total. The number of likely N-dealkylation sites (tertiary alicyclic amines) is 1. The third-order valence-electron chi connectivity index (χ3n) is 7.34. The molecule has 1 aliphatic heterocycles. The smallest absolute Gasteiger partial charge is 0.426 e. The van der Waals surface area contributed by atoms with Gasteiger partial charge in [0.05, 0.1) is 0 Å². The second kappa shape index (κ2) is 10.8. The minimum atomic E-state index is -4.73. The minimum Gasteiger partial charge on any atom is -0.436 e. The first kappa shape index (κ1) is 27.1. The summed E-state index contributed by atoms with van der Waals surface area (Å²) in [5, 5.41) is 4.36. The largest absolute Gasteiger partial charge is 0.436 e. The molecule has 0 saturated carbocycles. The fourth-order valence-corrected chi connectivity index (χ4v) is 5.79. The number of anilines is 1. The van der Waals surface area contributed by atoms with Gasteiger partial charge in [0, 0.05) is 40.0 Å². The molecule has 198 valence electrons. The van der Waals surface area contributed by atoms with E-state index in [4.69, 9.17) is 4.74 Å². The Labute approximate surface area is 219 Å². The van der Waals surface area contributed by atoms with Crippen molar-refractivity contribution in [2.75, 3.05) is 18.4 Å². The number of hydrogen-bond acceptors (Lipinski definition) is 5. The Balaban J connectivity index is 1.62. The molecule has 3 aromatic rings. The van der Waals surface area contributed by atoms with Crippen LogP contribution < -0.4 is 5.32 Å². The second-order valence-electron chi connectivity index (χ2n) is 10.2. The van der Waals surface area contributed by atoms with Crippen molar-refractivity contribution in [2.24, 2.45) is 5.41 Å². The van der Waals surface area contributed by atoms with Crippen LogP contribution in [0.5, 0.6) is 0 Å². The number of para-hydroxylation sites is 1. The van der Waals surface area contributed by atoms with Gasteiger partial charge < -0.3 is 4.74 Å². The van der Waals surface area contributed by atoms with Crippen molar-refractivity contribution >= 4 is 23.1 Å². The highest BCUT2D eigenvalue weighted by atomic mass is 32.1. The first-order valence-corrected chi connectivity index (χ1v) is 13.2. The molecule has 0 bridgehead atoms. The van der Waals surface area contributed by atoms with E-state index in [9.17, 15) is 18.0 Å². The summed E-state index contributed by atoms with van der Waals surface area (Å²) < 4.78 is 49.2. The molecule has 0 spiro atoms. The lowest BCUT2D eigenvalue weighted by Crippen LogP contribution is -2.52. The molecule has 37 heavy (non-hydrogen) atoms. The van der Waals surface area contributed by atoms with E-state index in [1.54, 1.807) is 36.5 Å². The SMILES string of the molecule is Cc1ccc(C(C)(C)N2CCC(CCc3cccs3)([C@H](OC(=O)Nc3ccccc3)C(F)(F)F)C2)cn1. The quantitative estimate of drug-likeness (QED) is 0.334. The summed E-state index contributed by atoms with van der Waals surface area (Å²) >= 11 is 1.52. The van der Waals surface area contributed by atoms with E-state index in [-0.39, 0.29) is 19.4 Å². The third kappa shape index (κ3) is 6.33. The van der Waals surface area contributed by atoms with Crippen LogP contribution in [0.25, 0.3) is 0 Å². The Morgan fingerprint density at radius 1 is 1.16 bits per heavy atom. The average molecular weight is 532 g/mol. The molecule has 2 atom stereocenters. The summed E-state index contributed by atoms with van der Waals surface area (Å²) in [4.78, 5) is 20.1. The number of benzene rings is 1. The molecule has 1 aromatic carbocycles. The Kier molecular flexibility index (Phi) is 7.94. The van der Waals surface area contributed by atoms with Crippen LogP contribution in [0, 0.1) is 12.3 Å². The highest BCUT2D eigenvalue weighted by Crippen LogP contribution is 2.49. The van der Waals surface area contributed by atoms with Gasteiger partial charge in [0.15, 0.2) is 0 Å². The first-order chi connectivity index (χ1) is 17.5. The summed E-state index contributed by atoms with van der Waals surface area (Å²) in [5.74, 6) is 0. The number of carbonyl (C=O) groups is 1. The van der Waals surface area contributed by atoms with Gasteiger partial charge in [0.1, 0.15) is 0 Å².